The fraction of sp³-hybridized carbons (Fsp3) is 0.115. The van der Waals surface area contributed by atoms with Gasteiger partial charge < -0.3 is 5.32 Å². The van der Waals surface area contributed by atoms with E-state index in [4.69, 9.17) is 23.2 Å². The molecule has 5 nitrogen and oxygen atoms in total. The Kier molecular flexibility index (Phi) is 5.98. The molecule has 8 heteroatoms. The number of sulfonamides is 1. The van der Waals surface area contributed by atoms with E-state index in [0.29, 0.717) is 10.7 Å². The summed E-state index contributed by atoms with van der Waals surface area (Å²) in [6, 6.07) is 22.4. The third-order valence-corrected chi connectivity index (χ3v) is 8.49. The van der Waals surface area contributed by atoms with Gasteiger partial charge in [-0.3, -0.25) is 9.10 Å². The zero-order valence-electron chi connectivity index (χ0n) is 18.0. The molecule has 0 radical (unpaired) electrons. The highest BCUT2D eigenvalue weighted by molar-refractivity contribution is 7.92. The van der Waals surface area contributed by atoms with Crippen LogP contribution in [0.5, 0.6) is 0 Å². The minimum absolute atomic E-state index is 0.0687. The normalized spacial score (nSPS) is 12.6. The zero-order chi connectivity index (χ0) is 23.9. The quantitative estimate of drug-likeness (QED) is 0.341. The van der Waals surface area contributed by atoms with Gasteiger partial charge in [-0.15, -0.1) is 0 Å². The van der Waals surface area contributed by atoms with Crippen molar-refractivity contribution < 1.29 is 13.2 Å². The van der Waals surface area contributed by atoms with Crippen molar-refractivity contribution in [2.45, 2.75) is 17.7 Å². The van der Waals surface area contributed by atoms with E-state index in [9.17, 15) is 13.2 Å². The lowest BCUT2D eigenvalue weighted by molar-refractivity contribution is -0.114. The molecule has 0 unspecified atom stereocenters. The van der Waals surface area contributed by atoms with Gasteiger partial charge >= 0.3 is 0 Å². The van der Waals surface area contributed by atoms with E-state index in [0.717, 1.165) is 22.5 Å². The maximum absolute atomic E-state index is 13.5. The molecule has 1 N–H and O–H groups in total. The molecule has 0 saturated heterocycles. The van der Waals surface area contributed by atoms with E-state index in [1.165, 1.54) is 46.8 Å². The summed E-state index contributed by atoms with van der Waals surface area (Å²) in [6.45, 7) is -0.432. The number of carbonyl (C=O) groups is 1. The summed E-state index contributed by atoms with van der Waals surface area (Å²) >= 11 is 12.2. The number of halogens is 2. The van der Waals surface area contributed by atoms with Crippen molar-refractivity contribution in [2.24, 2.45) is 0 Å². The second-order valence-corrected chi connectivity index (χ2v) is 10.8. The van der Waals surface area contributed by atoms with Crippen LogP contribution in [-0.2, 0) is 27.7 Å². The minimum atomic E-state index is -4.05. The summed E-state index contributed by atoms with van der Waals surface area (Å²) in [6.07, 6.45) is 1.95. The number of nitrogens with one attached hydrogen (secondary N) is 1. The summed E-state index contributed by atoms with van der Waals surface area (Å²) in [5, 5.41) is 5.52. The number of anilines is 2. The molecule has 0 aromatic heterocycles. The summed E-state index contributed by atoms with van der Waals surface area (Å²) in [5.74, 6) is -0.468. The van der Waals surface area contributed by atoms with Crippen LogP contribution in [0, 0.1) is 0 Å². The second kappa shape index (κ2) is 8.95. The number of amides is 1. The fourth-order valence-corrected chi connectivity index (χ4v) is 6.08. The summed E-state index contributed by atoms with van der Waals surface area (Å²) in [7, 11) is -4.05. The number of carbonyl (C=O) groups excluding carboxylic acids is 1. The van der Waals surface area contributed by atoms with Crippen LogP contribution in [0.25, 0.3) is 10.8 Å². The molecule has 0 heterocycles. The topological polar surface area (TPSA) is 66.5 Å². The standard InChI is InChI=1S/C26H20Cl2N2O3S/c27-22-13-12-19(15-23(22)28)30(34(32,33)20-6-2-1-3-7-20)16-25(31)29-24-14-11-18-10-9-17-5-4-8-21(24)26(17)18/h1-8,11-15H,9-10,16H2,(H,29,31). The molecule has 1 aliphatic rings. The van der Waals surface area contributed by atoms with Crippen LogP contribution in [0.3, 0.4) is 0 Å². The molecule has 0 bridgehead atoms. The first-order valence-corrected chi connectivity index (χ1v) is 12.9. The van der Waals surface area contributed by atoms with Crippen molar-refractivity contribution in [1.29, 1.82) is 0 Å². The first-order chi connectivity index (χ1) is 16.3. The molecule has 0 fully saturated rings. The van der Waals surface area contributed by atoms with Gasteiger partial charge in [-0.1, -0.05) is 65.7 Å². The van der Waals surface area contributed by atoms with Crippen molar-refractivity contribution in [3.8, 4) is 0 Å². The molecule has 172 valence electrons. The fourth-order valence-electron chi connectivity index (χ4n) is 4.35. The van der Waals surface area contributed by atoms with Crippen molar-refractivity contribution >= 4 is 61.3 Å². The Bertz CT molecular complexity index is 1510. The highest BCUT2D eigenvalue weighted by Crippen LogP contribution is 2.35. The second-order valence-electron chi connectivity index (χ2n) is 8.08. The van der Waals surface area contributed by atoms with Gasteiger partial charge in [-0.2, -0.15) is 0 Å². The van der Waals surface area contributed by atoms with E-state index in [1.807, 2.05) is 24.3 Å². The van der Waals surface area contributed by atoms with Crippen molar-refractivity contribution in [3.63, 3.8) is 0 Å². The highest BCUT2D eigenvalue weighted by atomic mass is 35.5. The van der Waals surface area contributed by atoms with Gasteiger partial charge in [0.25, 0.3) is 10.0 Å². The molecule has 5 rings (SSSR count). The summed E-state index contributed by atoms with van der Waals surface area (Å²) in [5.41, 5.74) is 3.41. The highest BCUT2D eigenvalue weighted by Gasteiger charge is 2.28. The van der Waals surface area contributed by atoms with Crippen LogP contribution < -0.4 is 9.62 Å². The van der Waals surface area contributed by atoms with E-state index >= 15 is 0 Å². The lowest BCUT2D eigenvalue weighted by Crippen LogP contribution is -2.38. The number of benzene rings is 4. The largest absolute Gasteiger partial charge is 0.324 e. The Balaban J connectivity index is 1.50. The van der Waals surface area contributed by atoms with E-state index in [-0.39, 0.29) is 15.6 Å². The molecular formula is C26H20Cl2N2O3S. The number of aryl methyl sites for hydroxylation is 2. The van der Waals surface area contributed by atoms with Gasteiger partial charge in [0.2, 0.25) is 5.91 Å². The molecule has 4 aromatic rings. The van der Waals surface area contributed by atoms with Gasteiger partial charge in [0.1, 0.15) is 6.54 Å². The van der Waals surface area contributed by atoms with Crippen LogP contribution in [0.1, 0.15) is 11.1 Å². The molecular weight excluding hydrogens is 491 g/mol. The van der Waals surface area contributed by atoms with Crippen LogP contribution in [0.2, 0.25) is 10.0 Å². The Morgan fingerprint density at radius 1 is 0.853 bits per heavy atom. The van der Waals surface area contributed by atoms with Gasteiger partial charge in [-0.25, -0.2) is 8.42 Å². The first kappa shape index (κ1) is 22.7. The molecule has 0 spiro atoms. The monoisotopic (exact) mass is 510 g/mol. The van der Waals surface area contributed by atoms with E-state index in [2.05, 4.69) is 11.4 Å². The van der Waals surface area contributed by atoms with Crippen molar-refractivity contribution in [3.05, 3.63) is 100 Å². The molecule has 1 amide bonds. The van der Waals surface area contributed by atoms with Crippen molar-refractivity contribution in [1.82, 2.24) is 0 Å². The van der Waals surface area contributed by atoms with Crippen LogP contribution in [-0.4, -0.2) is 20.9 Å². The Morgan fingerprint density at radius 2 is 1.59 bits per heavy atom. The summed E-state index contributed by atoms with van der Waals surface area (Å²) < 4.78 is 28.0. The first-order valence-electron chi connectivity index (χ1n) is 10.7. The van der Waals surface area contributed by atoms with Gasteiger partial charge in [0.15, 0.2) is 0 Å². The molecule has 34 heavy (non-hydrogen) atoms. The van der Waals surface area contributed by atoms with E-state index in [1.54, 1.807) is 18.2 Å². The molecule has 0 atom stereocenters. The maximum Gasteiger partial charge on any atom is 0.264 e. The SMILES string of the molecule is O=C(CN(c1ccc(Cl)c(Cl)c1)S(=O)(=O)c1ccccc1)Nc1ccc2c3c(cccc13)CC2. The van der Waals surface area contributed by atoms with Crippen LogP contribution in [0.15, 0.2) is 83.8 Å². The average molecular weight is 511 g/mol. The smallest absolute Gasteiger partial charge is 0.264 e. The molecule has 0 saturated carbocycles. The number of hydrogen-bond acceptors (Lipinski definition) is 3. The number of hydrogen-bond donors (Lipinski definition) is 1. The van der Waals surface area contributed by atoms with E-state index < -0.39 is 22.5 Å². The minimum Gasteiger partial charge on any atom is -0.324 e. The Labute approximate surface area is 208 Å². The number of rotatable bonds is 6. The Hall–Kier alpha value is -3.06. The zero-order valence-corrected chi connectivity index (χ0v) is 20.3. The van der Waals surface area contributed by atoms with Crippen LogP contribution in [0.4, 0.5) is 11.4 Å². The molecule has 1 aliphatic carbocycles. The number of nitrogens with zero attached hydrogens (tertiary/aromatic N) is 1. The average Bonchev–Trinajstić information content (AvgIpc) is 3.26. The van der Waals surface area contributed by atoms with Crippen molar-refractivity contribution in [2.75, 3.05) is 16.2 Å². The summed E-state index contributed by atoms with van der Waals surface area (Å²) in [4.78, 5) is 13.2. The van der Waals surface area contributed by atoms with Crippen LogP contribution >= 0.6 is 23.2 Å². The van der Waals surface area contributed by atoms with Gasteiger partial charge in [0.05, 0.1) is 20.6 Å². The third kappa shape index (κ3) is 4.13. The lowest BCUT2D eigenvalue weighted by atomic mass is 10.0. The lowest BCUT2D eigenvalue weighted by Gasteiger charge is -2.24. The maximum atomic E-state index is 13.5. The van der Waals surface area contributed by atoms with Gasteiger partial charge in [0, 0.05) is 11.1 Å². The predicted molar refractivity (Wildman–Crippen MR) is 137 cm³/mol. The predicted octanol–water partition coefficient (Wildman–Crippen LogP) is 6.08. The molecule has 0 aliphatic heterocycles. The Morgan fingerprint density at radius 3 is 2.32 bits per heavy atom. The molecule has 4 aromatic carbocycles. The third-order valence-electron chi connectivity index (χ3n) is 5.96. The van der Waals surface area contributed by atoms with Gasteiger partial charge in [-0.05, 0) is 65.8 Å².